The van der Waals surface area contributed by atoms with Crippen LogP contribution < -0.4 is 0 Å². The predicted molar refractivity (Wildman–Crippen MR) is 43.8 cm³/mol. The first-order valence-electron chi connectivity index (χ1n) is 3.59. The summed E-state index contributed by atoms with van der Waals surface area (Å²) in [5.74, 6) is 1.66. The van der Waals surface area contributed by atoms with Crippen molar-refractivity contribution in [2.24, 2.45) is 5.92 Å². The third-order valence-electron chi connectivity index (χ3n) is 1.97. The summed E-state index contributed by atoms with van der Waals surface area (Å²) in [6.07, 6.45) is 8.54. The van der Waals surface area contributed by atoms with Crippen molar-refractivity contribution >= 4 is 12.6 Å². The lowest BCUT2D eigenvalue weighted by Crippen LogP contribution is -2.17. The second-order valence-corrected chi connectivity index (χ2v) is 3.29. The standard InChI is InChI=1S/C8H10OS/c10-8-5-4-6-2-1-3-7(6)9-8/h1-3,6,8,10H,4-5H2. The van der Waals surface area contributed by atoms with Crippen molar-refractivity contribution in [1.29, 1.82) is 0 Å². The van der Waals surface area contributed by atoms with Crippen LogP contribution in [0.25, 0.3) is 0 Å². The molecule has 0 aromatic rings. The van der Waals surface area contributed by atoms with Crippen molar-refractivity contribution in [3.63, 3.8) is 0 Å². The zero-order valence-electron chi connectivity index (χ0n) is 5.66. The van der Waals surface area contributed by atoms with Gasteiger partial charge in [0.25, 0.3) is 0 Å². The van der Waals surface area contributed by atoms with E-state index in [2.05, 4.69) is 24.8 Å². The van der Waals surface area contributed by atoms with Gasteiger partial charge in [0.05, 0.1) is 0 Å². The smallest absolute Gasteiger partial charge is 0.141 e. The van der Waals surface area contributed by atoms with Crippen molar-refractivity contribution in [3.8, 4) is 0 Å². The minimum Gasteiger partial charge on any atom is -0.484 e. The Hall–Kier alpha value is -0.370. The fraction of sp³-hybridized carbons (Fsp3) is 0.500. The van der Waals surface area contributed by atoms with Crippen LogP contribution >= 0.6 is 12.6 Å². The van der Waals surface area contributed by atoms with E-state index in [1.165, 1.54) is 6.42 Å². The summed E-state index contributed by atoms with van der Waals surface area (Å²) in [4.78, 5) is 0. The van der Waals surface area contributed by atoms with E-state index in [0.717, 1.165) is 12.2 Å². The normalized spacial score (nSPS) is 36.7. The van der Waals surface area contributed by atoms with Crippen molar-refractivity contribution in [2.75, 3.05) is 0 Å². The van der Waals surface area contributed by atoms with Crippen LogP contribution in [0.3, 0.4) is 0 Å². The number of hydrogen-bond donors (Lipinski definition) is 1. The second kappa shape index (κ2) is 2.35. The van der Waals surface area contributed by atoms with Crippen LogP contribution in [0.2, 0.25) is 0 Å². The Labute approximate surface area is 66.2 Å². The number of rotatable bonds is 0. The van der Waals surface area contributed by atoms with E-state index >= 15 is 0 Å². The summed E-state index contributed by atoms with van der Waals surface area (Å²) in [6, 6.07) is 0. The molecule has 1 aliphatic heterocycles. The van der Waals surface area contributed by atoms with Gasteiger partial charge in [-0.3, -0.25) is 0 Å². The van der Waals surface area contributed by atoms with Gasteiger partial charge in [-0.25, -0.2) is 0 Å². The maximum atomic E-state index is 5.47. The highest BCUT2D eigenvalue weighted by Crippen LogP contribution is 2.33. The molecule has 0 amide bonds. The second-order valence-electron chi connectivity index (χ2n) is 2.71. The molecule has 1 saturated heterocycles. The van der Waals surface area contributed by atoms with Gasteiger partial charge in [-0.2, -0.15) is 0 Å². The Morgan fingerprint density at radius 1 is 1.50 bits per heavy atom. The molecule has 10 heavy (non-hydrogen) atoms. The van der Waals surface area contributed by atoms with E-state index < -0.39 is 0 Å². The van der Waals surface area contributed by atoms with Gasteiger partial charge < -0.3 is 4.74 Å². The first kappa shape index (κ1) is 6.35. The van der Waals surface area contributed by atoms with E-state index in [0.29, 0.717) is 5.92 Å². The molecule has 0 radical (unpaired) electrons. The summed E-state index contributed by atoms with van der Waals surface area (Å²) < 4.78 is 5.47. The van der Waals surface area contributed by atoms with Crippen LogP contribution in [0.1, 0.15) is 12.8 Å². The van der Waals surface area contributed by atoms with E-state index in [1.807, 2.05) is 6.08 Å². The third kappa shape index (κ3) is 0.966. The first-order chi connectivity index (χ1) is 4.86. The lowest BCUT2D eigenvalue weighted by Gasteiger charge is -2.25. The van der Waals surface area contributed by atoms with E-state index in [4.69, 9.17) is 4.74 Å². The van der Waals surface area contributed by atoms with Crippen molar-refractivity contribution in [2.45, 2.75) is 18.3 Å². The first-order valence-corrected chi connectivity index (χ1v) is 4.11. The van der Waals surface area contributed by atoms with Crippen LogP contribution in [0.15, 0.2) is 24.0 Å². The maximum Gasteiger partial charge on any atom is 0.141 e. The molecule has 1 aliphatic carbocycles. The van der Waals surface area contributed by atoms with Crippen molar-refractivity contribution < 1.29 is 4.74 Å². The van der Waals surface area contributed by atoms with Crippen molar-refractivity contribution in [3.05, 3.63) is 24.0 Å². The molecule has 0 N–H and O–H groups in total. The van der Waals surface area contributed by atoms with Gasteiger partial charge >= 0.3 is 0 Å². The van der Waals surface area contributed by atoms with Crippen LogP contribution in [0.4, 0.5) is 0 Å². The molecule has 2 unspecified atom stereocenters. The molecular formula is C8H10OS. The van der Waals surface area contributed by atoms with Crippen LogP contribution in [-0.4, -0.2) is 5.44 Å². The molecule has 2 atom stereocenters. The third-order valence-corrected chi connectivity index (χ3v) is 2.33. The SMILES string of the molecule is SC1CCC2C=CC=C2O1. The highest BCUT2D eigenvalue weighted by Gasteiger charge is 2.24. The average molecular weight is 154 g/mol. The minimum atomic E-state index is 0.127. The van der Waals surface area contributed by atoms with Crippen LogP contribution in [0, 0.1) is 5.92 Å². The monoisotopic (exact) mass is 154 g/mol. The van der Waals surface area contributed by atoms with Gasteiger partial charge in [-0.1, -0.05) is 12.2 Å². The zero-order chi connectivity index (χ0) is 6.97. The van der Waals surface area contributed by atoms with E-state index in [-0.39, 0.29) is 5.44 Å². The summed E-state index contributed by atoms with van der Waals surface area (Å²) in [6.45, 7) is 0. The van der Waals surface area contributed by atoms with Gasteiger partial charge in [0.1, 0.15) is 11.2 Å². The molecule has 0 aromatic heterocycles. The van der Waals surface area contributed by atoms with E-state index in [9.17, 15) is 0 Å². The van der Waals surface area contributed by atoms with Gasteiger partial charge in [-0.15, -0.1) is 12.6 Å². The van der Waals surface area contributed by atoms with E-state index in [1.54, 1.807) is 0 Å². The highest BCUT2D eigenvalue weighted by atomic mass is 32.1. The molecule has 0 bridgehead atoms. The Balaban J connectivity index is 2.12. The van der Waals surface area contributed by atoms with Gasteiger partial charge in [0, 0.05) is 5.92 Å². The molecule has 54 valence electrons. The molecule has 1 fully saturated rings. The average Bonchev–Trinajstić information content (AvgIpc) is 2.33. The number of allylic oxidation sites excluding steroid dienone is 3. The number of fused-ring (bicyclic) bond motifs is 1. The molecule has 2 aliphatic rings. The predicted octanol–water partition coefficient (Wildman–Crippen LogP) is 2.12. The summed E-state index contributed by atoms with van der Waals surface area (Å²) >= 11 is 4.25. The number of thiol groups is 1. The number of hydrogen-bond acceptors (Lipinski definition) is 2. The summed E-state index contributed by atoms with van der Waals surface area (Å²) in [7, 11) is 0. The number of ether oxygens (including phenoxy) is 1. The summed E-state index contributed by atoms with van der Waals surface area (Å²) in [5.41, 5.74) is 0.127. The lowest BCUT2D eigenvalue weighted by molar-refractivity contribution is 0.122. The molecular weight excluding hydrogens is 144 g/mol. The Bertz CT molecular complexity index is 195. The molecule has 2 rings (SSSR count). The fourth-order valence-electron chi connectivity index (χ4n) is 1.41. The lowest BCUT2D eigenvalue weighted by atomic mass is 10.0. The Morgan fingerprint density at radius 3 is 3.30 bits per heavy atom. The topological polar surface area (TPSA) is 9.23 Å². The minimum absolute atomic E-state index is 0.127. The largest absolute Gasteiger partial charge is 0.484 e. The fourth-order valence-corrected chi connectivity index (χ4v) is 1.68. The molecule has 0 aromatic carbocycles. The van der Waals surface area contributed by atoms with Crippen LogP contribution in [0.5, 0.6) is 0 Å². The van der Waals surface area contributed by atoms with Gasteiger partial charge in [0.15, 0.2) is 0 Å². The molecule has 1 heterocycles. The molecule has 0 saturated carbocycles. The van der Waals surface area contributed by atoms with Gasteiger partial charge in [0.2, 0.25) is 0 Å². The molecule has 1 nitrogen and oxygen atoms in total. The van der Waals surface area contributed by atoms with Gasteiger partial charge in [-0.05, 0) is 18.9 Å². The Kier molecular flexibility index (Phi) is 1.49. The quantitative estimate of drug-likeness (QED) is 0.526. The maximum absolute atomic E-state index is 5.47. The van der Waals surface area contributed by atoms with Crippen LogP contribution in [-0.2, 0) is 4.74 Å². The molecule has 2 heteroatoms. The zero-order valence-corrected chi connectivity index (χ0v) is 6.55. The highest BCUT2D eigenvalue weighted by molar-refractivity contribution is 7.80. The Morgan fingerprint density at radius 2 is 2.40 bits per heavy atom. The van der Waals surface area contributed by atoms with Crippen molar-refractivity contribution in [1.82, 2.24) is 0 Å². The molecule has 0 spiro atoms. The summed E-state index contributed by atoms with van der Waals surface area (Å²) in [5, 5.41) is 0.